The van der Waals surface area contributed by atoms with Crippen LogP contribution in [0, 0.1) is 5.82 Å². The van der Waals surface area contributed by atoms with Crippen LogP contribution >= 0.6 is 39.9 Å². The van der Waals surface area contributed by atoms with E-state index in [1.54, 1.807) is 23.6 Å². The zero-order chi connectivity index (χ0) is 12.4. The van der Waals surface area contributed by atoms with Crippen LogP contribution in [0.4, 0.5) is 10.1 Å². The normalized spacial score (nSPS) is 10.3. The molecule has 0 aliphatic rings. The molecule has 0 aliphatic carbocycles. The Kier molecular flexibility index (Phi) is 3.86. The van der Waals surface area contributed by atoms with Crippen LogP contribution in [0.5, 0.6) is 0 Å². The molecule has 6 heteroatoms. The van der Waals surface area contributed by atoms with E-state index >= 15 is 0 Å². The number of amides is 1. The van der Waals surface area contributed by atoms with Crippen LogP contribution < -0.4 is 5.32 Å². The highest BCUT2D eigenvalue weighted by molar-refractivity contribution is 9.10. The lowest BCUT2D eigenvalue weighted by atomic mass is 10.3. The van der Waals surface area contributed by atoms with Gasteiger partial charge in [-0.05, 0) is 34.1 Å². The van der Waals surface area contributed by atoms with E-state index in [2.05, 4.69) is 33.9 Å². The Labute approximate surface area is 115 Å². The Morgan fingerprint density at radius 1 is 1.47 bits per heavy atom. The third-order valence-corrected chi connectivity index (χ3v) is 4.03. The largest absolute Gasteiger partial charge is 0.318 e. The first-order valence-electron chi connectivity index (χ1n) is 4.61. The quantitative estimate of drug-likeness (QED) is 0.794. The van der Waals surface area contributed by atoms with Gasteiger partial charge in [-0.25, -0.2) is 4.39 Å². The van der Waals surface area contributed by atoms with Crippen molar-refractivity contribution >= 4 is 51.5 Å². The fraction of sp³-hybridized carbons (Fsp3) is 0. The van der Waals surface area contributed by atoms with Crippen LogP contribution in [0.15, 0.2) is 39.0 Å². The van der Waals surface area contributed by atoms with Gasteiger partial charge in [0, 0.05) is 14.7 Å². The number of halogens is 2. The number of hydrogen-bond acceptors (Lipinski definition) is 3. The number of thiol groups is 1. The lowest BCUT2D eigenvalue weighted by Gasteiger charge is -2.06. The first-order valence-corrected chi connectivity index (χ1v) is 6.73. The van der Waals surface area contributed by atoms with Gasteiger partial charge in [0.25, 0.3) is 5.91 Å². The summed E-state index contributed by atoms with van der Waals surface area (Å²) in [6.45, 7) is 0. The second kappa shape index (κ2) is 5.20. The molecule has 1 aromatic carbocycles. The second-order valence-corrected chi connectivity index (χ2v) is 5.50. The number of thiophene rings is 1. The van der Waals surface area contributed by atoms with Gasteiger partial charge in [0.15, 0.2) is 0 Å². The zero-order valence-electron chi connectivity index (χ0n) is 8.41. The van der Waals surface area contributed by atoms with Crippen LogP contribution in [0.25, 0.3) is 0 Å². The van der Waals surface area contributed by atoms with Crippen LogP contribution in [0.2, 0.25) is 0 Å². The first-order chi connectivity index (χ1) is 8.08. The topological polar surface area (TPSA) is 29.1 Å². The Morgan fingerprint density at radius 3 is 2.82 bits per heavy atom. The molecule has 0 bridgehead atoms. The molecule has 0 unspecified atom stereocenters. The standard InChI is InChI=1S/C11H7BrFNOS2/c12-7-2-1-3-8(13)10(7)14-11(15)9-4-6(16)5-17-9/h1-5,16H,(H,14,15). The molecule has 1 heterocycles. The van der Waals surface area contributed by atoms with Crippen molar-refractivity contribution in [3.05, 3.63) is 44.8 Å². The van der Waals surface area contributed by atoms with Crippen molar-refractivity contribution in [3.8, 4) is 0 Å². The predicted molar refractivity (Wildman–Crippen MR) is 73.6 cm³/mol. The minimum atomic E-state index is -0.477. The third kappa shape index (κ3) is 2.88. The van der Waals surface area contributed by atoms with E-state index in [1.165, 1.54) is 17.4 Å². The van der Waals surface area contributed by atoms with Gasteiger partial charge in [0.05, 0.1) is 10.6 Å². The van der Waals surface area contributed by atoms with Gasteiger partial charge in [-0.1, -0.05) is 6.07 Å². The number of para-hydroxylation sites is 1. The van der Waals surface area contributed by atoms with Crippen molar-refractivity contribution in [2.45, 2.75) is 4.90 Å². The third-order valence-electron chi connectivity index (χ3n) is 2.01. The van der Waals surface area contributed by atoms with E-state index in [9.17, 15) is 9.18 Å². The Hall–Kier alpha value is -0.850. The van der Waals surface area contributed by atoms with Crippen molar-refractivity contribution < 1.29 is 9.18 Å². The van der Waals surface area contributed by atoms with Gasteiger partial charge in [-0.3, -0.25) is 4.79 Å². The van der Waals surface area contributed by atoms with E-state index in [0.29, 0.717) is 14.2 Å². The molecule has 1 N–H and O–H groups in total. The average Bonchev–Trinajstić information content (AvgIpc) is 2.70. The van der Waals surface area contributed by atoms with Gasteiger partial charge >= 0.3 is 0 Å². The number of hydrogen-bond donors (Lipinski definition) is 2. The van der Waals surface area contributed by atoms with Crippen molar-refractivity contribution in [2.24, 2.45) is 0 Å². The molecule has 2 rings (SSSR count). The van der Waals surface area contributed by atoms with E-state index in [1.807, 2.05) is 0 Å². The maximum atomic E-state index is 13.5. The molecule has 0 radical (unpaired) electrons. The molecule has 0 saturated heterocycles. The Balaban J connectivity index is 2.24. The van der Waals surface area contributed by atoms with Gasteiger partial charge < -0.3 is 5.32 Å². The Bertz CT molecular complexity index is 550. The maximum absolute atomic E-state index is 13.5. The fourth-order valence-electron chi connectivity index (χ4n) is 1.24. The molecule has 0 atom stereocenters. The summed E-state index contributed by atoms with van der Waals surface area (Å²) in [5.74, 6) is -0.823. The summed E-state index contributed by atoms with van der Waals surface area (Å²) in [6.07, 6.45) is 0. The van der Waals surface area contributed by atoms with Gasteiger partial charge in [-0.2, -0.15) is 0 Å². The molecule has 1 aromatic heterocycles. The first kappa shape index (κ1) is 12.6. The molecule has 0 fully saturated rings. The van der Waals surface area contributed by atoms with Crippen LogP contribution in [0.1, 0.15) is 9.67 Å². The highest BCUT2D eigenvalue weighted by Gasteiger charge is 2.13. The van der Waals surface area contributed by atoms with E-state index in [0.717, 1.165) is 0 Å². The van der Waals surface area contributed by atoms with Gasteiger partial charge in [0.2, 0.25) is 0 Å². The van der Waals surface area contributed by atoms with Crippen LogP contribution in [-0.2, 0) is 0 Å². The highest BCUT2D eigenvalue weighted by Crippen LogP contribution is 2.26. The maximum Gasteiger partial charge on any atom is 0.265 e. The number of carbonyl (C=O) groups excluding carboxylic acids is 1. The van der Waals surface area contributed by atoms with Crippen molar-refractivity contribution in [1.82, 2.24) is 0 Å². The molecule has 0 saturated carbocycles. The summed E-state index contributed by atoms with van der Waals surface area (Å²) in [4.78, 5) is 13.0. The predicted octanol–water partition coefficient (Wildman–Crippen LogP) is 4.19. The lowest BCUT2D eigenvalue weighted by Crippen LogP contribution is -2.11. The monoisotopic (exact) mass is 331 g/mol. The highest BCUT2D eigenvalue weighted by atomic mass is 79.9. The lowest BCUT2D eigenvalue weighted by molar-refractivity contribution is 0.103. The molecule has 0 spiro atoms. The molecule has 2 aromatic rings. The summed E-state index contributed by atoms with van der Waals surface area (Å²) in [6, 6.07) is 6.15. The number of nitrogens with one attached hydrogen (secondary N) is 1. The minimum absolute atomic E-state index is 0.145. The van der Waals surface area contributed by atoms with E-state index in [-0.39, 0.29) is 11.6 Å². The van der Waals surface area contributed by atoms with E-state index < -0.39 is 5.82 Å². The van der Waals surface area contributed by atoms with E-state index in [4.69, 9.17) is 0 Å². The number of carbonyl (C=O) groups is 1. The minimum Gasteiger partial charge on any atom is -0.318 e. The van der Waals surface area contributed by atoms with Crippen molar-refractivity contribution in [3.63, 3.8) is 0 Å². The summed E-state index contributed by atoms with van der Waals surface area (Å²) in [7, 11) is 0. The summed E-state index contributed by atoms with van der Waals surface area (Å²) < 4.78 is 14.0. The zero-order valence-corrected chi connectivity index (χ0v) is 11.7. The van der Waals surface area contributed by atoms with Crippen molar-refractivity contribution in [2.75, 3.05) is 5.32 Å². The fourth-order valence-corrected chi connectivity index (χ4v) is 2.72. The second-order valence-electron chi connectivity index (χ2n) is 3.22. The number of anilines is 1. The van der Waals surface area contributed by atoms with Crippen molar-refractivity contribution in [1.29, 1.82) is 0 Å². The summed E-state index contributed by atoms with van der Waals surface area (Å²) in [5.41, 5.74) is 0.145. The molecule has 1 amide bonds. The SMILES string of the molecule is O=C(Nc1c(F)cccc1Br)c1cc(S)cs1. The molecule has 88 valence electrons. The van der Waals surface area contributed by atoms with Crippen LogP contribution in [0.3, 0.4) is 0 Å². The average molecular weight is 332 g/mol. The number of benzene rings is 1. The summed E-state index contributed by atoms with van der Waals surface area (Å²) in [5, 5.41) is 4.27. The molecule has 2 nitrogen and oxygen atoms in total. The van der Waals surface area contributed by atoms with Crippen LogP contribution in [-0.4, -0.2) is 5.91 Å². The smallest absolute Gasteiger partial charge is 0.265 e. The summed E-state index contributed by atoms with van der Waals surface area (Å²) >= 11 is 8.56. The molecule has 0 aliphatic heterocycles. The van der Waals surface area contributed by atoms with Gasteiger partial charge in [-0.15, -0.1) is 24.0 Å². The van der Waals surface area contributed by atoms with Gasteiger partial charge in [0.1, 0.15) is 5.82 Å². The molecular formula is C11H7BrFNOS2. The molecule has 17 heavy (non-hydrogen) atoms. The Morgan fingerprint density at radius 2 is 2.24 bits per heavy atom. The molecular weight excluding hydrogens is 325 g/mol. The number of rotatable bonds is 2.